The molecule has 0 N–H and O–H groups in total. The number of carbonyl (C=O) groups excluding carboxylic acids is 2. The number of hydrogen-bond donors (Lipinski definition) is 0. The fourth-order valence-corrected chi connectivity index (χ4v) is 0.997. The fourth-order valence-electron chi connectivity index (χ4n) is 0.997. The molecule has 1 aliphatic heterocycles. The molecule has 0 aliphatic carbocycles. The van der Waals surface area contributed by atoms with Crippen LogP contribution in [0.25, 0.3) is 0 Å². The number of amides is 3. The van der Waals surface area contributed by atoms with E-state index in [2.05, 4.69) is 0 Å². The summed E-state index contributed by atoms with van der Waals surface area (Å²) in [5.74, 6) is -0.328. The normalized spacial score (nSPS) is 17.8. The van der Waals surface area contributed by atoms with Crippen molar-refractivity contribution < 1.29 is 19.1 Å². The molecule has 0 aromatic carbocycles. The minimum atomic E-state index is -0.374. The Balaban J connectivity index is 2.60. The van der Waals surface area contributed by atoms with Crippen LogP contribution in [0.5, 0.6) is 0 Å². The van der Waals surface area contributed by atoms with Gasteiger partial charge in [-0.05, 0) is 0 Å². The lowest BCUT2D eigenvalue weighted by Gasteiger charge is -2.32. The van der Waals surface area contributed by atoms with Gasteiger partial charge in [-0.25, -0.2) is 9.69 Å². The van der Waals surface area contributed by atoms with Gasteiger partial charge >= 0.3 is 6.03 Å². The third-order valence-corrected chi connectivity index (χ3v) is 1.63. The van der Waals surface area contributed by atoms with Crippen molar-refractivity contribution in [3.63, 3.8) is 0 Å². The number of carbonyl (C=O) groups is 2. The Morgan fingerprint density at radius 2 is 2.31 bits per heavy atom. The Bertz CT molecular complexity index is 217. The smallest absolute Gasteiger partial charge is 0.332 e. The molecule has 1 fully saturated rings. The molecule has 0 aromatic rings. The van der Waals surface area contributed by atoms with Gasteiger partial charge in [-0.3, -0.25) is 9.69 Å². The lowest BCUT2D eigenvalue weighted by Crippen LogP contribution is -2.52. The third kappa shape index (κ3) is 2.16. The van der Waals surface area contributed by atoms with E-state index in [1.165, 1.54) is 18.9 Å². The first kappa shape index (κ1) is 9.94. The summed E-state index contributed by atoms with van der Waals surface area (Å²) in [6.45, 7) is 1.63. The SMILES string of the molecule is COCN1COCN(C(C)=O)C1=O. The van der Waals surface area contributed by atoms with Crippen molar-refractivity contribution in [2.45, 2.75) is 6.92 Å². The molecule has 0 saturated carbocycles. The van der Waals surface area contributed by atoms with Crippen LogP contribution in [0.2, 0.25) is 0 Å². The van der Waals surface area contributed by atoms with Crippen LogP contribution in [0, 0.1) is 0 Å². The van der Waals surface area contributed by atoms with E-state index in [-0.39, 0.29) is 32.1 Å². The van der Waals surface area contributed by atoms with Gasteiger partial charge in [0, 0.05) is 14.0 Å². The van der Waals surface area contributed by atoms with E-state index >= 15 is 0 Å². The molecule has 13 heavy (non-hydrogen) atoms. The molecule has 74 valence electrons. The van der Waals surface area contributed by atoms with Crippen LogP contribution in [0.3, 0.4) is 0 Å². The highest BCUT2D eigenvalue weighted by molar-refractivity contribution is 5.93. The van der Waals surface area contributed by atoms with Gasteiger partial charge in [0.25, 0.3) is 0 Å². The molecule has 0 aromatic heterocycles. The summed E-state index contributed by atoms with van der Waals surface area (Å²) in [5.41, 5.74) is 0. The molecular weight excluding hydrogens is 176 g/mol. The van der Waals surface area contributed by atoms with Crippen molar-refractivity contribution in [1.82, 2.24) is 9.80 Å². The second-order valence-corrected chi connectivity index (χ2v) is 2.65. The molecule has 3 amide bonds. The Hall–Kier alpha value is -1.14. The topological polar surface area (TPSA) is 59.1 Å². The van der Waals surface area contributed by atoms with Crippen molar-refractivity contribution >= 4 is 11.9 Å². The van der Waals surface area contributed by atoms with E-state index in [0.717, 1.165) is 4.90 Å². The van der Waals surface area contributed by atoms with Crippen molar-refractivity contribution in [1.29, 1.82) is 0 Å². The molecule has 0 atom stereocenters. The van der Waals surface area contributed by atoms with E-state index in [4.69, 9.17) is 9.47 Å². The van der Waals surface area contributed by atoms with Crippen molar-refractivity contribution in [2.75, 3.05) is 27.3 Å². The Kier molecular flexibility index (Phi) is 3.21. The maximum absolute atomic E-state index is 11.4. The average Bonchev–Trinajstić information content (AvgIpc) is 2.08. The molecule has 0 unspecified atom stereocenters. The second kappa shape index (κ2) is 4.20. The molecule has 0 spiro atoms. The van der Waals surface area contributed by atoms with Crippen molar-refractivity contribution in [2.24, 2.45) is 0 Å². The highest BCUT2D eigenvalue weighted by Crippen LogP contribution is 2.06. The van der Waals surface area contributed by atoms with Gasteiger partial charge < -0.3 is 9.47 Å². The largest absolute Gasteiger partial charge is 0.364 e. The monoisotopic (exact) mass is 188 g/mol. The second-order valence-electron chi connectivity index (χ2n) is 2.65. The van der Waals surface area contributed by atoms with Gasteiger partial charge in [-0.1, -0.05) is 0 Å². The van der Waals surface area contributed by atoms with Gasteiger partial charge in [-0.2, -0.15) is 0 Å². The molecule has 1 heterocycles. The molecule has 0 radical (unpaired) electrons. The Morgan fingerprint density at radius 1 is 1.62 bits per heavy atom. The maximum Gasteiger partial charge on any atom is 0.332 e. The zero-order chi connectivity index (χ0) is 9.84. The van der Waals surface area contributed by atoms with Crippen LogP contribution in [0.4, 0.5) is 4.79 Å². The quantitative estimate of drug-likeness (QED) is 0.602. The van der Waals surface area contributed by atoms with Gasteiger partial charge in [0.1, 0.15) is 20.2 Å². The van der Waals surface area contributed by atoms with Crippen LogP contribution >= 0.6 is 0 Å². The van der Waals surface area contributed by atoms with Gasteiger partial charge in [-0.15, -0.1) is 0 Å². The standard InChI is InChI=1S/C7H12N2O4/c1-6(10)9-5-13-4-8(3-12-2)7(9)11/h3-5H2,1-2H3. The molecule has 6 nitrogen and oxygen atoms in total. The maximum atomic E-state index is 11.4. The van der Waals surface area contributed by atoms with E-state index in [0.29, 0.717) is 0 Å². The Morgan fingerprint density at radius 3 is 2.85 bits per heavy atom. The predicted molar refractivity (Wildman–Crippen MR) is 42.5 cm³/mol. The number of ether oxygens (including phenoxy) is 2. The summed E-state index contributed by atoms with van der Waals surface area (Å²) >= 11 is 0. The zero-order valence-corrected chi connectivity index (χ0v) is 7.65. The lowest BCUT2D eigenvalue weighted by molar-refractivity contribution is -0.140. The summed E-state index contributed by atoms with van der Waals surface area (Å²) in [6, 6.07) is -0.374. The van der Waals surface area contributed by atoms with Crippen LogP contribution in [-0.2, 0) is 14.3 Å². The summed E-state index contributed by atoms with van der Waals surface area (Å²) in [5, 5.41) is 0. The first-order valence-corrected chi connectivity index (χ1v) is 3.80. The first-order valence-electron chi connectivity index (χ1n) is 3.80. The highest BCUT2D eigenvalue weighted by Gasteiger charge is 2.28. The number of imide groups is 1. The van der Waals surface area contributed by atoms with Crippen molar-refractivity contribution in [3.8, 4) is 0 Å². The third-order valence-electron chi connectivity index (χ3n) is 1.63. The summed E-state index contributed by atoms with van der Waals surface area (Å²) in [4.78, 5) is 24.7. The number of nitrogens with zero attached hydrogens (tertiary/aromatic N) is 2. The highest BCUT2D eigenvalue weighted by atomic mass is 16.5. The van der Waals surface area contributed by atoms with Crippen LogP contribution in [-0.4, -0.2) is 49.0 Å². The molecule has 1 aliphatic rings. The number of rotatable bonds is 2. The zero-order valence-electron chi connectivity index (χ0n) is 7.65. The lowest BCUT2D eigenvalue weighted by atomic mass is 10.5. The predicted octanol–water partition coefficient (Wildman–Crippen LogP) is -0.194. The summed E-state index contributed by atoms with van der Waals surface area (Å²) < 4.78 is 9.78. The van der Waals surface area contributed by atoms with Gasteiger partial charge in [0.15, 0.2) is 0 Å². The van der Waals surface area contributed by atoms with Gasteiger partial charge in [0.2, 0.25) is 5.91 Å². The molecule has 1 rings (SSSR count). The van der Waals surface area contributed by atoms with Gasteiger partial charge in [0.05, 0.1) is 0 Å². The van der Waals surface area contributed by atoms with Crippen LogP contribution in [0.15, 0.2) is 0 Å². The number of urea groups is 1. The first-order chi connectivity index (χ1) is 6.16. The molecule has 0 bridgehead atoms. The summed E-state index contributed by atoms with van der Waals surface area (Å²) in [6.07, 6.45) is 0. The minimum absolute atomic E-state index is 0.0222. The summed E-state index contributed by atoms with van der Waals surface area (Å²) in [7, 11) is 1.47. The average molecular weight is 188 g/mol. The van der Waals surface area contributed by atoms with E-state index in [9.17, 15) is 9.59 Å². The van der Waals surface area contributed by atoms with Crippen LogP contribution < -0.4 is 0 Å². The number of hydrogen-bond acceptors (Lipinski definition) is 4. The van der Waals surface area contributed by atoms with Crippen molar-refractivity contribution in [3.05, 3.63) is 0 Å². The van der Waals surface area contributed by atoms with Crippen LogP contribution in [0.1, 0.15) is 6.92 Å². The van der Waals surface area contributed by atoms with E-state index < -0.39 is 0 Å². The molecule has 6 heteroatoms. The number of methoxy groups -OCH3 is 1. The molecule has 1 saturated heterocycles. The minimum Gasteiger partial charge on any atom is -0.364 e. The fraction of sp³-hybridized carbons (Fsp3) is 0.714. The molecular formula is C7H12N2O4. The van der Waals surface area contributed by atoms with E-state index in [1.54, 1.807) is 0 Å². The Labute approximate surface area is 76.0 Å². The van der Waals surface area contributed by atoms with E-state index in [1.807, 2.05) is 0 Å².